The van der Waals surface area contributed by atoms with Crippen LogP contribution >= 0.6 is 0 Å². The number of carbonyl (C=O) groups is 3. The molecule has 0 aliphatic carbocycles. The van der Waals surface area contributed by atoms with Crippen molar-refractivity contribution >= 4 is 18.1 Å². The quantitative estimate of drug-likeness (QED) is 0.511. The molecular weight excluding hydrogens is 484 g/mol. The Hall–Kier alpha value is -2.03. The molecule has 4 fully saturated rings. The monoisotopic (exact) mass is 536 g/mol. The zero-order chi connectivity index (χ0) is 28.1. The highest BCUT2D eigenvalue weighted by molar-refractivity contribution is 5.77. The number of amides is 3. The first kappa shape index (κ1) is 30.5. The number of rotatable bonds is 1. The summed E-state index contributed by atoms with van der Waals surface area (Å²) in [5.41, 5.74) is -0.872. The van der Waals surface area contributed by atoms with Crippen LogP contribution in [-0.4, -0.2) is 94.3 Å². The van der Waals surface area contributed by atoms with Crippen LogP contribution in [0.5, 0.6) is 0 Å². The predicted molar refractivity (Wildman–Crippen MR) is 148 cm³/mol. The molecule has 38 heavy (non-hydrogen) atoms. The van der Waals surface area contributed by atoms with Crippen LogP contribution < -0.4 is 5.32 Å². The average Bonchev–Trinajstić information content (AvgIpc) is 3.03. The lowest BCUT2D eigenvalue weighted by Gasteiger charge is -2.40. The van der Waals surface area contributed by atoms with Crippen LogP contribution in [0.1, 0.15) is 106 Å². The van der Waals surface area contributed by atoms with Gasteiger partial charge in [0.1, 0.15) is 11.2 Å². The van der Waals surface area contributed by atoms with Crippen LogP contribution in [0.15, 0.2) is 0 Å². The van der Waals surface area contributed by atoms with E-state index >= 15 is 0 Å². The molecule has 218 valence electrons. The second kappa shape index (κ2) is 12.9. The Morgan fingerprint density at radius 2 is 1.24 bits per heavy atom. The number of fused-ring (bicyclic) bond motifs is 4. The van der Waals surface area contributed by atoms with Gasteiger partial charge in [0.25, 0.3) is 0 Å². The fraction of sp³-hybridized carbons (Fsp3) is 0.897. The van der Waals surface area contributed by atoms with Crippen molar-refractivity contribution in [1.29, 1.82) is 0 Å². The van der Waals surface area contributed by atoms with Crippen LogP contribution in [0.25, 0.3) is 0 Å². The van der Waals surface area contributed by atoms with E-state index in [1.807, 2.05) is 58.3 Å². The van der Waals surface area contributed by atoms with Crippen molar-refractivity contribution in [2.45, 2.75) is 142 Å². The van der Waals surface area contributed by atoms with Crippen molar-refractivity contribution in [2.24, 2.45) is 0 Å². The van der Waals surface area contributed by atoms with E-state index < -0.39 is 11.2 Å². The number of nitrogens with one attached hydrogen (secondary N) is 1. The zero-order valence-electron chi connectivity index (χ0n) is 24.9. The van der Waals surface area contributed by atoms with Gasteiger partial charge in [-0.3, -0.25) is 4.79 Å². The van der Waals surface area contributed by atoms with E-state index in [4.69, 9.17) is 9.47 Å². The van der Waals surface area contributed by atoms with Gasteiger partial charge in [-0.1, -0.05) is 13.3 Å². The summed E-state index contributed by atoms with van der Waals surface area (Å²) in [7, 11) is 0. The molecule has 4 unspecified atom stereocenters. The fourth-order valence-electron chi connectivity index (χ4n) is 6.00. The fourth-order valence-corrected chi connectivity index (χ4v) is 6.00. The number of carbonyl (C=O) groups excluding carboxylic acids is 3. The molecule has 4 rings (SSSR count). The Kier molecular flexibility index (Phi) is 10.3. The summed E-state index contributed by atoms with van der Waals surface area (Å²) in [6.45, 7) is 16.2. The van der Waals surface area contributed by atoms with Gasteiger partial charge in [-0.15, -0.1) is 0 Å². The lowest BCUT2D eigenvalue weighted by atomic mass is 9.94. The van der Waals surface area contributed by atoms with E-state index in [1.165, 1.54) is 19.3 Å². The third kappa shape index (κ3) is 9.02. The van der Waals surface area contributed by atoms with Gasteiger partial charge in [-0.25, -0.2) is 9.59 Å². The summed E-state index contributed by atoms with van der Waals surface area (Å²) in [6, 6.07) is 1.51. The molecule has 3 amide bonds. The summed E-state index contributed by atoms with van der Waals surface area (Å²) in [6.07, 6.45) is 8.94. The summed E-state index contributed by atoms with van der Waals surface area (Å²) < 4.78 is 10.9. The molecule has 0 aromatic rings. The van der Waals surface area contributed by atoms with Gasteiger partial charge in [-0.2, -0.15) is 0 Å². The van der Waals surface area contributed by atoms with E-state index in [2.05, 4.69) is 5.32 Å². The van der Waals surface area contributed by atoms with E-state index in [0.29, 0.717) is 37.6 Å². The van der Waals surface area contributed by atoms with Crippen molar-refractivity contribution in [1.82, 2.24) is 20.0 Å². The van der Waals surface area contributed by atoms with Gasteiger partial charge in [0.15, 0.2) is 0 Å². The largest absolute Gasteiger partial charge is 0.444 e. The SMILES string of the molecule is CC(C)(C)OC(=O)N1CCC2CCCC(C1)N2.CCC(=O)N1C2CCCC1CN(C(=O)OC(C)(C)C)CC2. The molecule has 4 aliphatic rings. The maximum atomic E-state index is 12.3. The number of hydrogen-bond donors (Lipinski definition) is 1. The molecule has 1 N–H and O–H groups in total. The van der Waals surface area contributed by atoms with Crippen LogP contribution in [0.2, 0.25) is 0 Å². The highest BCUT2D eigenvalue weighted by Gasteiger charge is 2.39. The molecular formula is C29H52N4O5. The molecule has 4 bridgehead atoms. The molecule has 0 radical (unpaired) electrons. The third-order valence-electron chi connectivity index (χ3n) is 7.68. The highest BCUT2D eigenvalue weighted by atomic mass is 16.6. The molecule has 4 aliphatic heterocycles. The number of ether oxygens (including phenoxy) is 2. The van der Waals surface area contributed by atoms with Gasteiger partial charge < -0.3 is 29.5 Å². The molecule has 0 aromatic carbocycles. The van der Waals surface area contributed by atoms with E-state index in [-0.39, 0.29) is 24.1 Å². The first-order valence-corrected chi connectivity index (χ1v) is 14.8. The average molecular weight is 537 g/mol. The molecule has 9 nitrogen and oxygen atoms in total. The van der Waals surface area contributed by atoms with Crippen molar-refractivity contribution in [2.75, 3.05) is 26.2 Å². The van der Waals surface area contributed by atoms with Crippen molar-refractivity contribution in [3.8, 4) is 0 Å². The van der Waals surface area contributed by atoms with Gasteiger partial charge in [0.05, 0.1) is 0 Å². The van der Waals surface area contributed by atoms with Crippen LogP contribution in [0, 0.1) is 0 Å². The zero-order valence-corrected chi connectivity index (χ0v) is 24.9. The molecule has 0 aromatic heterocycles. The molecule has 9 heteroatoms. The van der Waals surface area contributed by atoms with Gasteiger partial charge in [0, 0.05) is 56.8 Å². The topological polar surface area (TPSA) is 91.4 Å². The second-order valence-corrected chi connectivity index (χ2v) is 13.3. The van der Waals surface area contributed by atoms with E-state index in [1.54, 1.807) is 4.90 Å². The van der Waals surface area contributed by atoms with Gasteiger partial charge in [-0.05, 0) is 86.5 Å². The Balaban J connectivity index is 0.000000215. The molecule has 0 saturated carbocycles. The minimum absolute atomic E-state index is 0.159. The Labute approximate surface area is 229 Å². The summed E-state index contributed by atoms with van der Waals surface area (Å²) in [5.74, 6) is 0.218. The molecule has 4 saturated heterocycles. The Morgan fingerprint density at radius 3 is 1.84 bits per heavy atom. The lowest BCUT2D eigenvalue weighted by Crippen LogP contribution is -2.51. The van der Waals surface area contributed by atoms with E-state index in [0.717, 1.165) is 45.2 Å². The predicted octanol–water partition coefficient (Wildman–Crippen LogP) is 4.92. The van der Waals surface area contributed by atoms with Crippen LogP contribution in [0.4, 0.5) is 9.59 Å². The second-order valence-electron chi connectivity index (χ2n) is 13.3. The first-order valence-electron chi connectivity index (χ1n) is 14.8. The standard InChI is InChI=1S/C16H28N2O3.C13H24N2O2/c1-5-14(19)18-12-7-6-8-13(18)11-17(10-9-12)15(20)21-16(2,3)4;1-13(2,3)17-12(16)15-8-7-10-5-4-6-11(9-15)14-10/h12-13H,5-11H2,1-4H3;10-11,14H,4-9H2,1-3H3. The maximum absolute atomic E-state index is 12.3. The first-order chi connectivity index (χ1) is 17.8. The molecule has 0 spiro atoms. The molecule has 4 heterocycles. The van der Waals surface area contributed by atoms with Crippen molar-refractivity contribution in [3.05, 3.63) is 0 Å². The number of hydrogen-bond acceptors (Lipinski definition) is 6. The van der Waals surface area contributed by atoms with Crippen molar-refractivity contribution < 1.29 is 23.9 Å². The van der Waals surface area contributed by atoms with Crippen molar-refractivity contribution in [3.63, 3.8) is 0 Å². The lowest BCUT2D eigenvalue weighted by molar-refractivity contribution is -0.137. The molecule has 4 atom stereocenters. The van der Waals surface area contributed by atoms with Crippen LogP contribution in [-0.2, 0) is 14.3 Å². The van der Waals surface area contributed by atoms with Gasteiger partial charge in [0.2, 0.25) is 5.91 Å². The number of piperidine rings is 2. The summed E-state index contributed by atoms with van der Waals surface area (Å²) in [4.78, 5) is 42.3. The minimum Gasteiger partial charge on any atom is -0.444 e. The minimum atomic E-state index is -0.475. The smallest absolute Gasteiger partial charge is 0.410 e. The normalized spacial score (nSPS) is 27.8. The Morgan fingerprint density at radius 1 is 0.711 bits per heavy atom. The third-order valence-corrected chi connectivity index (χ3v) is 7.68. The number of nitrogens with zero attached hydrogens (tertiary/aromatic N) is 3. The Bertz CT molecular complexity index is 821. The summed E-state index contributed by atoms with van der Waals surface area (Å²) in [5, 5.41) is 3.61. The van der Waals surface area contributed by atoms with Crippen LogP contribution in [0.3, 0.4) is 0 Å². The highest BCUT2D eigenvalue weighted by Crippen LogP contribution is 2.30. The summed E-state index contributed by atoms with van der Waals surface area (Å²) >= 11 is 0. The van der Waals surface area contributed by atoms with Gasteiger partial charge >= 0.3 is 12.2 Å². The van der Waals surface area contributed by atoms with E-state index in [9.17, 15) is 14.4 Å². The maximum Gasteiger partial charge on any atom is 0.410 e.